The second-order valence-corrected chi connectivity index (χ2v) is 7.99. The van der Waals surface area contributed by atoms with Crippen LogP contribution in [-0.2, 0) is 6.42 Å². The number of aromatic hydroxyl groups is 1. The van der Waals surface area contributed by atoms with Crippen LogP contribution in [0.4, 0.5) is 8.78 Å². The van der Waals surface area contributed by atoms with E-state index >= 15 is 0 Å². The van der Waals surface area contributed by atoms with Crippen LogP contribution < -0.4 is 5.73 Å². The van der Waals surface area contributed by atoms with Crippen LogP contribution in [0.5, 0.6) is 5.75 Å². The summed E-state index contributed by atoms with van der Waals surface area (Å²) in [7, 11) is 0. The first-order chi connectivity index (χ1) is 14.9. The molecule has 5 nitrogen and oxygen atoms in total. The summed E-state index contributed by atoms with van der Waals surface area (Å²) in [5.41, 5.74) is 7.75. The summed E-state index contributed by atoms with van der Waals surface area (Å²) in [5, 5.41) is 9.35. The topological polar surface area (TPSA) is 89.1 Å². The predicted molar refractivity (Wildman–Crippen MR) is 113 cm³/mol. The largest absolute Gasteiger partial charge is 0.508 e. The van der Waals surface area contributed by atoms with Crippen molar-refractivity contribution < 1.29 is 18.7 Å². The van der Waals surface area contributed by atoms with Gasteiger partial charge in [-0.15, -0.1) is 0 Å². The summed E-state index contributed by atoms with van der Waals surface area (Å²) in [5.74, 6) is -2.39. The van der Waals surface area contributed by atoms with Gasteiger partial charge in [0.25, 0.3) is 0 Å². The summed E-state index contributed by atoms with van der Waals surface area (Å²) < 4.78 is 28.4. The SMILES string of the molecule is N[C@H]1CCC[C@@H](c2ccncc2CC(=O)c2cccc(-c3c(F)cc(O)cc3F)n2)C1. The molecule has 7 heteroatoms. The van der Waals surface area contributed by atoms with Crippen LogP contribution in [-0.4, -0.2) is 26.9 Å². The second-order valence-electron chi connectivity index (χ2n) is 7.99. The van der Waals surface area contributed by atoms with Crippen LogP contribution in [0.1, 0.15) is 53.2 Å². The van der Waals surface area contributed by atoms with Crippen LogP contribution in [0, 0.1) is 11.6 Å². The Labute approximate surface area is 179 Å². The number of pyridine rings is 2. The number of halogens is 2. The Morgan fingerprint density at radius 2 is 1.94 bits per heavy atom. The van der Waals surface area contributed by atoms with Crippen molar-refractivity contribution in [1.82, 2.24) is 9.97 Å². The first kappa shape index (κ1) is 21.1. The van der Waals surface area contributed by atoms with Crippen LogP contribution in [0.3, 0.4) is 0 Å². The third kappa shape index (κ3) is 4.61. The number of nitrogens with two attached hydrogens (primary N) is 1. The molecule has 0 radical (unpaired) electrons. The number of aromatic nitrogens is 2. The van der Waals surface area contributed by atoms with E-state index in [1.165, 1.54) is 18.2 Å². The molecule has 1 aromatic carbocycles. The fraction of sp³-hybridized carbons (Fsp3) is 0.292. The average Bonchev–Trinajstić information content (AvgIpc) is 2.73. The molecule has 160 valence electrons. The van der Waals surface area contributed by atoms with Gasteiger partial charge < -0.3 is 10.8 Å². The van der Waals surface area contributed by atoms with Gasteiger partial charge in [-0.2, -0.15) is 0 Å². The number of carbonyl (C=O) groups excluding carboxylic acids is 1. The Morgan fingerprint density at radius 1 is 1.16 bits per heavy atom. The van der Waals surface area contributed by atoms with Gasteiger partial charge in [0.1, 0.15) is 23.1 Å². The third-order valence-electron chi connectivity index (χ3n) is 5.76. The van der Waals surface area contributed by atoms with Crippen LogP contribution in [0.15, 0.2) is 48.8 Å². The highest BCUT2D eigenvalue weighted by molar-refractivity contribution is 5.96. The summed E-state index contributed by atoms with van der Waals surface area (Å²) in [6, 6.07) is 8.20. The Kier molecular flexibility index (Phi) is 6.04. The molecular weight excluding hydrogens is 400 g/mol. The summed E-state index contributed by atoms with van der Waals surface area (Å²) in [6.07, 6.45) is 7.46. The smallest absolute Gasteiger partial charge is 0.185 e. The van der Waals surface area contributed by atoms with Gasteiger partial charge in [-0.3, -0.25) is 9.78 Å². The summed E-state index contributed by atoms with van der Waals surface area (Å²) in [6.45, 7) is 0. The minimum Gasteiger partial charge on any atom is -0.508 e. The molecule has 2 atom stereocenters. The van der Waals surface area contributed by atoms with E-state index in [9.17, 15) is 18.7 Å². The lowest BCUT2D eigenvalue weighted by molar-refractivity contribution is 0.0987. The number of hydrogen-bond donors (Lipinski definition) is 2. The molecule has 1 aliphatic rings. The number of benzene rings is 1. The van der Waals surface area contributed by atoms with E-state index in [1.54, 1.807) is 12.4 Å². The van der Waals surface area contributed by atoms with E-state index in [0.717, 1.165) is 48.9 Å². The molecule has 3 N–H and O–H groups in total. The van der Waals surface area contributed by atoms with Gasteiger partial charge in [-0.25, -0.2) is 13.8 Å². The molecule has 0 bridgehead atoms. The molecule has 0 spiro atoms. The van der Waals surface area contributed by atoms with Gasteiger partial charge in [0, 0.05) is 37.0 Å². The number of nitrogens with zero attached hydrogens (tertiary/aromatic N) is 2. The monoisotopic (exact) mass is 423 g/mol. The lowest BCUT2D eigenvalue weighted by atomic mass is 9.80. The maximum Gasteiger partial charge on any atom is 0.185 e. The van der Waals surface area contributed by atoms with E-state index in [4.69, 9.17) is 5.73 Å². The molecule has 1 fully saturated rings. The first-order valence-corrected chi connectivity index (χ1v) is 10.3. The Hall–Kier alpha value is -3.19. The van der Waals surface area contributed by atoms with Crippen molar-refractivity contribution >= 4 is 5.78 Å². The molecule has 4 rings (SSSR count). The molecule has 2 aromatic heterocycles. The van der Waals surface area contributed by atoms with Gasteiger partial charge in [-0.1, -0.05) is 12.5 Å². The average molecular weight is 423 g/mol. The van der Waals surface area contributed by atoms with Crippen LogP contribution in [0.25, 0.3) is 11.3 Å². The zero-order valence-electron chi connectivity index (χ0n) is 16.9. The van der Waals surface area contributed by atoms with Gasteiger partial charge in [0.05, 0.1) is 11.3 Å². The predicted octanol–water partition coefficient (Wildman–Crippen LogP) is 4.54. The zero-order valence-corrected chi connectivity index (χ0v) is 16.9. The molecule has 3 aromatic rings. The number of phenolic OH excluding ortho intramolecular Hbond substituents is 1. The van der Waals surface area contributed by atoms with Crippen molar-refractivity contribution in [1.29, 1.82) is 0 Å². The van der Waals surface area contributed by atoms with Crippen molar-refractivity contribution in [3.63, 3.8) is 0 Å². The lowest BCUT2D eigenvalue weighted by Gasteiger charge is -2.28. The van der Waals surface area contributed by atoms with Crippen LogP contribution >= 0.6 is 0 Å². The van der Waals surface area contributed by atoms with Crippen molar-refractivity contribution in [3.8, 4) is 17.0 Å². The van der Waals surface area contributed by atoms with E-state index < -0.39 is 17.4 Å². The highest BCUT2D eigenvalue weighted by Crippen LogP contribution is 2.34. The molecule has 31 heavy (non-hydrogen) atoms. The lowest BCUT2D eigenvalue weighted by Crippen LogP contribution is -2.27. The Balaban J connectivity index is 1.61. The fourth-order valence-corrected chi connectivity index (χ4v) is 4.29. The van der Waals surface area contributed by atoms with Crippen molar-refractivity contribution in [2.75, 3.05) is 0 Å². The Bertz CT molecular complexity index is 1100. The molecule has 0 unspecified atom stereocenters. The van der Waals surface area contributed by atoms with Gasteiger partial charge in [0.2, 0.25) is 0 Å². The number of carbonyl (C=O) groups is 1. The van der Waals surface area contributed by atoms with E-state index in [-0.39, 0.29) is 41.1 Å². The molecule has 0 amide bonds. The maximum absolute atomic E-state index is 14.2. The highest BCUT2D eigenvalue weighted by Gasteiger charge is 2.24. The standard InChI is InChI=1S/C24H23F2N3O2/c25-19-11-17(30)12-20(26)24(19)22-6-2-5-21(29-22)23(31)10-15-13-28-8-7-18(15)14-3-1-4-16(27)9-14/h2,5-8,11-14,16,30H,1,3-4,9-10,27H2/t14-,16+/m1/s1. The van der Waals surface area contributed by atoms with Gasteiger partial charge in [-0.05, 0) is 54.5 Å². The van der Waals surface area contributed by atoms with Crippen molar-refractivity contribution in [2.24, 2.45) is 5.73 Å². The molecule has 1 saturated carbocycles. The number of rotatable bonds is 5. The van der Waals surface area contributed by atoms with Crippen molar-refractivity contribution in [2.45, 2.75) is 44.1 Å². The molecule has 0 aliphatic heterocycles. The van der Waals surface area contributed by atoms with E-state index in [1.807, 2.05) is 6.07 Å². The van der Waals surface area contributed by atoms with Crippen LogP contribution in [0.2, 0.25) is 0 Å². The fourth-order valence-electron chi connectivity index (χ4n) is 4.29. The number of phenols is 1. The molecular formula is C24H23F2N3O2. The number of ketones is 1. The third-order valence-corrected chi connectivity index (χ3v) is 5.76. The number of Topliss-reactive ketones (excluding diaryl/α,β-unsaturated/α-hetero) is 1. The van der Waals surface area contributed by atoms with E-state index in [0.29, 0.717) is 0 Å². The summed E-state index contributed by atoms with van der Waals surface area (Å²) >= 11 is 0. The molecule has 0 saturated heterocycles. The quantitative estimate of drug-likeness (QED) is 0.588. The summed E-state index contributed by atoms with van der Waals surface area (Å²) in [4.78, 5) is 21.3. The van der Waals surface area contributed by atoms with Gasteiger partial charge in [0.15, 0.2) is 5.78 Å². The van der Waals surface area contributed by atoms with Gasteiger partial charge >= 0.3 is 0 Å². The normalized spacial score (nSPS) is 18.7. The minimum absolute atomic E-state index is 0.00878. The molecule has 2 heterocycles. The first-order valence-electron chi connectivity index (χ1n) is 10.3. The zero-order chi connectivity index (χ0) is 22.0. The minimum atomic E-state index is -0.946. The second kappa shape index (κ2) is 8.89. The number of hydrogen-bond acceptors (Lipinski definition) is 5. The molecule has 1 aliphatic carbocycles. The van der Waals surface area contributed by atoms with Crippen molar-refractivity contribution in [3.05, 3.63) is 77.2 Å². The van der Waals surface area contributed by atoms with E-state index in [2.05, 4.69) is 9.97 Å². The Morgan fingerprint density at radius 3 is 2.68 bits per heavy atom. The highest BCUT2D eigenvalue weighted by atomic mass is 19.1. The maximum atomic E-state index is 14.2.